The summed E-state index contributed by atoms with van der Waals surface area (Å²) in [5.41, 5.74) is 1.03. The summed E-state index contributed by atoms with van der Waals surface area (Å²) in [6, 6.07) is 6.82. The van der Waals surface area contributed by atoms with Crippen molar-refractivity contribution in [3.63, 3.8) is 0 Å². The van der Waals surface area contributed by atoms with Crippen molar-refractivity contribution in [2.75, 3.05) is 13.7 Å². The third-order valence-electron chi connectivity index (χ3n) is 3.25. The Morgan fingerprint density at radius 1 is 1.18 bits per heavy atom. The molecule has 152 valence electrons. The fraction of sp³-hybridized carbons (Fsp3) is 0.400. The van der Waals surface area contributed by atoms with Gasteiger partial charge in [0.15, 0.2) is 0 Å². The van der Waals surface area contributed by atoms with Crippen molar-refractivity contribution < 1.29 is 23.9 Å². The summed E-state index contributed by atoms with van der Waals surface area (Å²) in [4.78, 5) is 39.6. The summed E-state index contributed by atoms with van der Waals surface area (Å²) in [5.74, 6) is -0.544. The third-order valence-corrected chi connectivity index (χ3v) is 3.25. The number of hydrogen-bond acceptors (Lipinski definition) is 6. The Morgan fingerprint density at radius 3 is 2.39 bits per heavy atom. The Labute approximate surface area is 165 Å². The van der Waals surface area contributed by atoms with Gasteiger partial charge >= 0.3 is 12.1 Å². The van der Waals surface area contributed by atoms with Crippen molar-refractivity contribution in [3.05, 3.63) is 41.5 Å². The number of esters is 1. The van der Waals surface area contributed by atoms with Crippen LogP contribution in [-0.2, 0) is 14.3 Å². The number of amides is 2. The molecule has 0 radical (unpaired) electrons. The van der Waals surface area contributed by atoms with Gasteiger partial charge in [0, 0.05) is 5.56 Å². The number of carbonyl (C=O) groups is 3. The van der Waals surface area contributed by atoms with Crippen LogP contribution in [0, 0.1) is 0 Å². The van der Waals surface area contributed by atoms with Gasteiger partial charge in [0.25, 0.3) is 0 Å². The first kappa shape index (κ1) is 22.9. The van der Waals surface area contributed by atoms with Gasteiger partial charge in [-0.1, -0.05) is 18.2 Å². The summed E-state index contributed by atoms with van der Waals surface area (Å²) in [6.07, 6.45) is 1.08. The quantitative estimate of drug-likeness (QED) is 0.458. The second-order valence-corrected chi connectivity index (χ2v) is 6.85. The van der Waals surface area contributed by atoms with Gasteiger partial charge in [0.1, 0.15) is 18.0 Å². The number of benzene rings is 1. The highest BCUT2D eigenvalue weighted by molar-refractivity contribution is 6.00. The van der Waals surface area contributed by atoms with E-state index in [1.165, 1.54) is 7.11 Å². The summed E-state index contributed by atoms with van der Waals surface area (Å²) in [7, 11) is 1.31. The van der Waals surface area contributed by atoms with Crippen molar-refractivity contribution in [3.8, 4) is 0 Å². The molecule has 1 rings (SSSR count). The van der Waals surface area contributed by atoms with Crippen molar-refractivity contribution in [1.82, 2.24) is 10.6 Å². The fourth-order valence-corrected chi connectivity index (χ4v) is 2.14. The molecule has 0 aromatic heterocycles. The summed E-state index contributed by atoms with van der Waals surface area (Å²) >= 11 is 0. The number of ether oxygens (including phenoxy) is 2. The number of nitrogens with one attached hydrogen (secondary N) is 2. The smallest absolute Gasteiger partial charge is 0.408 e. The van der Waals surface area contributed by atoms with Gasteiger partial charge in [-0.2, -0.15) is 0 Å². The average Bonchev–Trinajstić information content (AvgIpc) is 2.62. The van der Waals surface area contributed by atoms with Crippen LogP contribution < -0.4 is 10.6 Å². The SMILES string of the molecule is C/C=C(\N=C(/C)NC(=O)CNC(=O)OC(C)(C)C)c1cccc(C(=O)OC)c1. The van der Waals surface area contributed by atoms with Crippen LogP contribution in [0.1, 0.15) is 50.5 Å². The molecule has 1 aromatic rings. The average molecular weight is 389 g/mol. The van der Waals surface area contributed by atoms with Gasteiger partial charge in [-0.15, -0.1) is 0 Å². The molecule has 0 unspecified atom stereocenters. The van der Waals surface area contributed by atoms with Crippen LogP contribution in [0.5, 0.6) is 0 Å². The number of methoxy groups -OCH3 is 1. The van der Waals surface area contributed by atoms with Crippen molar-refractivity contribution in [1.29, 1.82) is 0 Å². The second kappa shape index (κ2) is 10.2. The lowest BCUT2D eigenvalue weighted by Gasteiger charge is -2.19. The molecule has 0 aliphatic carbocycles. The zero-order chi connectivity index (χ0) is 21.3. The Bertz CT molecular complexity index is 791. The van der Waals surface area contributed by atoms with E-state index in [1.807, 2.05) is 0 Å². The minimum Gasteiger partial charge on any atom is -0.465 e. The van der Waals surface area contributed by atoms with Gasteiger partial charge < -0.3 is 20.1 Å². The Balaban J connectivity index is 2.74. The number of allylic oxidation sites excluding steroid dienone is 1. The minimum absolute atomic E-state index is 0.245. The molecule has 0 spiro atoms. The number of hydrogen-bond donors (Lipinski definition) is 2. The lowest BCUT2D eigenvalue weighted by atomic mass is 10.1. The van der Waals surface area contributed by atoms with E-state index in [0.29, 0.717) is 22.7 Å². The molecular formula is C20H27N3O5. The molecule has 0 aliphatic heterocycles. The van der Waals surface area contributed by atoms with Crippen LogP contribution in [0.25, 0.3) is 5.70 Å². The molecule has 1 aromatic carbocycles. The molecule has 2 N–H and O–H groups in total. The van der Waals surface area contributed by atoms with Crippen molar-refractivity contribution in [2.24, 2.45) is 4.99 Å². The topological polar surface area (TPSA) is 106 Å². The molecule has 8 heteroatoms. The summed E-state index contributed by atoms with van der Waals surface area (Å²) < 4.78 is 9.78. The molecular weight excluding hydrogens is 362 g/mol. The first-order valence-electron chi connectivity index (χ1n) is 8.72. The zero-order valence-corrected chi connectivity index (χ0v) is 17.1. The van der Waals surface area contributed by atoms with Crippen molar-refractivity contribution >= 4 is 29.5 Å². The van der Waals surface area contributed by atoms with Crippen LogP contribution in [0.15, 0.2) is 35.3 Å². The monoisotopic (exact) mass is 389 g/mol. The number of amidine groups is 1. The zero-order valence-electron chi connectivity index (χ0n) is 17.1. The Morgan fingerprint density at radius 2 is 1.82 bits per heavy atom. The maximum atomic E-state index is 12.0. The third kappa shape index (κ3) is 8.03. The van der Waals surface area contributed by atoms with E-state index in [-0.39, 0.29) is 6.54 Å². The number of alkyl carbamates (subject to hydrolysis) is 1. The second-order valence-electron chi connectivity index (χ2n) is 6.85. The Hall–Kier alpha value is -3.16. The predicted octanol–water partition coefficient (Wildman–Crippen LogP) is 2.89. The van der Waals surface area contributed by atoms with Crippen LogP contribution >= 0.6 is 0 Å². The molecule has 0 saturated heterocycles. The van der Waals surface area contributed by atoms with E-state index in [4.69, 9.17) is 9.47 Å². The molecule has 8 nitrogen and oxygen atoms in total. The lowest BCUT2D eigenvalue weighted by molar-refractivity contribution is -0.118. The summed E-state index contributed by atoms with van der Waals surface area (Å²) in [6.45, 7) is 8.37. The van der Waals surface area contributed by atoms with E-state index in [0.717, 1.165) is 0 Å². The normalized spacial score (nSPS) is 12.2. The molecule has 0 saturated carbocycles. The van der Waals surface area contributed by atoms with E-state index in [9.17, 15) is 14.4 Å². The first-order valence-corrected chi connectivity index (χ1v) is 8.72. The van der Waals surface area contributed by atoms with Gasteiger partial charge in [-0.25, -0.2) is 14.6 Å². The Kier molecular flexibility index (Phi) is 8.37. The van der Waals surface area contributed by atoms with Crippen molar-refractivity contribution in [2.45, 2.75) is 40.2 Å². The van der Waals surface area contributed by atoms with E-state index >= 15 is 0 Å². The number of rotatable bonds is 5. The van der Waals surface area contributed by atoms with Crippen LogP contribution in [0.3, 0.4) is 0 Å². The highest BCUT2D eigenvalue weighted by atomic mass is 16.6. The molecule has 2 amide bonds. The lowest BCUT2D eigenvalue weighted by Crippen LogP contribution is -2.41. The maximum Gasteiger partial charge on any atom is 0.408 e. The molecule has 0 fully saturated rings. The number of carbonyl (C=O) groups excluding carboxylic acids is 3. The highest BCUT2D eigenvalue weighted by Crippen LogP contribution is 2.18. The first-order chi connectivity index (χ1) is 13.1. The minimum atomic E-state index is -0.675. The molecule has 0 atom stereocenters. The van der Waals surface area contributed by atoms with E-state index in [1.54, 1.807) is 65.0 Å². The number of aliphatic imine (C=N–C) groups is 1. The van der Waals surface area contributed by atoms with E-state index in [2.05, 4.69) is 15.6 Å². The largest absolute Gasteiger partial charge is 0.465 e. The standard InChI is InChI=1S/C20H27N3O5/c1-7-16(14-9-8-10-15(11-14)18(25)27-6)22-13(2)23-17(24)12-21-19(26)28-20(3,4)5/h7-11H,12H2,1-6H3,(H,21,26)(H,22,23,24)/b16-7-. The van der Waals surface area contributed by atoms with E-state index < -0.39 is 23.6 Å². The van der Waals surface area contributed by atoms with Gasteiger partial charge in [0.05, 0.1) is 18.4 Å². The highest BCUT2D eigenvalue weighted by Gasteiger charge is 2.16. The van der Waals surface area contributed by atoms with Crippen LogP contribution in [0.2, 0.25) is 0 Å². The van der Waals surface area contributed by atoms with Crippen LogP contribution in [-0.4, -0.2) is 43.1 Å². The van der Waals surface area contributed by atoms with Gasteiger partial charge in [-0.05, 0) is 46.8 Å². The fourth-order valence-electron chi connectivity index (χ4n) is 2.14. The summed E-state index contributed by atoms with van der Waals surface area (Å²) in [5, 5.41) is 4.97. The van der Waals surface area contributed by atoms with Crippen LogP contribution in [0.4, 0.5) is 4.79 Å². The van der Waals surface area contributed by atoms with Gasteiger partial charge in [-0.3, -0.25) is 4.79 Å². The number of nitrogens with zero attached hydrogens (tertiary/aromatic N) is 1. The molecule has 0 aliphatic rings. The molecule has 28 heavy (non-hydrogen) atoms. The predicted molar refractivity (Wildman–Crippen MR) is 107 cm³/mol. The maximum absolute atomic E-state index is 12.0. The van der Waals surface area contributed by atoms with Gasteiger partial charge in [0.2, 0.25) is 5.91 Å². The molecule has 0 heterocycles. The molecule has 0 bridgehead atoms.